The number of imidazole rings is 2. The van der Waals surface area contributed by atoms with Gasteiger partial charge in [-0.15, -0.1) is 0 Å². The molecule has 0 atom stereocenters. The van der Waals surface area contributed by atoms with Crippen molar-refractivity contribution in [3.8, 4) is 0 Å². The number of fused-ring (bicyclic) bond motifs is 2. The highest BCUT2D eigenvalue weighted by Gasteiger charge is 2.13. The average molecular weight is 447 g/mol. The Hall–Kier alpha value is -2.86. The van der Waals surface area contributed by atoms with Gasteiger partial charge in [0.2, 0.25) is 0 Å². The molecule has 0 aliphatic carbocycles. The number of aromatic amines is 2. The van der Waals surface area contributed by atoms with Crippen molar-refractivity contribution in [2.45, 2.75) is 25.7 Å². The van der Waals surface area contributed by atoms with Gasteiger partial charge in [-0.05, 0) is 37.3 Å². The van der Waals surface area contributed by atoms with E-state index in [0.29, 0.717) is 44.7 Å². The van der Waals surface area contributed by atoms with E-state index in [1.165, 1.54) is 9.13 Å². The summed E-state index contributed by atoms with van der Waals surface area (Å²) in [6.45, 7) is 0. The smallest absolute Gasteiger partial charge is 0.280 e. The van der Waals surface area contributed by atoms with Gasteiger partial charge >= 0.3 is 0 Å². The molecule has 2 N–H and O–H groups in total. The predicted octanol–water partition coefficient (Wildman–Crippen LogP) is 1.54. The highest BCUT2D eigenvalue weighted by molar-refractivity contribution is 7.71. The topological polar surface area (TPSA) is 111 Å². The summed E-state index contributed by atoms with van der Waals surface area (Å²) in [7, 11) is 6.91. The van der Waals surface area contributed by atoms with Crippen molar-refractivity contribution in [2.75, 3.05) is 0 Å². The van der Waals surface area contributed by atoms with Crippen molar-refractivity contribution in [3.63, 3.8) is 0 Å². The molecule has 0 amide bonds. The summed E-state index contributed by atoms with van der Waals surface area (Å²) in [5, 5.41) is 0. The van der Waals surface area contributed by atoms with E-state index in [1.54, 1.807) is 37.3 Å². The summed E-state index contributed by atoms with van der Waals surface area (Å²) in [6, 6.07) is 0. The Labute approximate surface area is 180 Å². The maximum Gasteiger partial charge on any atom is 0.280 e. The second-order valence-electron chi connectivity index (χ2n) is 7.38. The number of rotatable bonds is 5. The molecule has 4 rings (SSSR count). The van der Waals surface area contributed by atoms with Crippen molar-refractivity contribution < 1.29 is 0 Å². The largest absolute Gasteiger partial charge is 0.336 e. The fourth-order valence-electron chi connectivity index (χ4n) is 3.57. The molecule has 30 heavy (non-hydrogen) atoms. The minimum absolute atomic E-state index is 0.176. The summed E-state index contributed by atoms with van der Waals surface area (Å²) < 4.78 is 7.18. The zero-order valence-electron chi connectivity index (χ0n) is 17.1. The molecule has 0 aliphatic rings. The zero-order valence-corrected chi connectivity index (χ0v) is 18.8. The second kappa shape index (κ2) is 7.43. The van der Waals surface area contributed by atoms with Crippen LogP contribution in [-0.4, -0.2) is 38.2 Å². The Balaban J connectivity index is 1.50. The average Bonchev–Trinajstić information content (AvgIpc) is 3.35. The molecule has 12 heteroatoms. The first-order valence-corrected chi connectivity index (χ1v) is 10.3. The van der Waals surface area contributed by atoms with Crippen LogP contribution in [0.15, 0.2) is 9.59 Å². The van der Waals surface area contributed by atoms with Gasteiger partial charge in [0.1, 0.15) is 22.7 Å². The molecule has 4 aromatic heterocycles. The summed E-state index contributed by atoms with van der Waals surface area (Å²) in [4.78, 5) is 40.1. The molecule has 0 unspecified atom stereocenters. The minimum Gasteiger partial charge on any atom is -0.336 e. The van der Waals surface area contributed by atoms with E-state index >= 15 is 0 Å². The molecule has 0 aliphatic heterocycles. The highest BCUT2D eigenvalue weighted by Crippen LogP contribution is 2.12. The van der Waals surface area contributed by atoms with E-state index < -0.39 is 0 Å². The maximum absolute atomic E-state index is 12.4. The third-order valence-corrected chi connectivity index (χ3v) is 6.46. The molecule has 0 saturated carbocycles. The molecule has 4 heterocycles. The summed E-state index contributed by atoms with van der Waals surface area (Å²) >= 11 is 10.5. The lowest BCUT2D eigenvalue weighted by atomic mass is 10.2. The van der Waals surface area contributed by atoms with E-state index in [2.05, 4.69) is 19.9 Å². The van der Waals surface area contributed by atoms with Crippen molar-refractivity contribution >= 4 is 46.8 Å². The van der Waals surface area contributed by atoms with E-state index in [0.717, 1.165) is 24.5 Å². The Morgan fingerprint density at radius 2 is 1.07 bits per heavy atom. The van der Waals surface area contributed by atoms with E-state index in [4.69, 9.17) is 24.4 Å². The van der Waals surface area contributed by atoms with E-state index in [1.807, 2.05) is 0 Å². The maximum atomic E-state index is 12.4. The Bertz CT molecular complexity index is 1410. The lowest BCUT2D eigenvalue weighted by Gasteiger charge is -2.03. The SMILES string of the molecule is Cn1c(=O)c2[nH]c(CCCCc3nc4c([nH]3)c(=O)n(C)c(=S)n4C)nc2n(C)c1=S. The number of H-pyrrole nitrogens is 2. The van der Waals surface area contributed by atoms with Crippen LogP contribution in [0.1, 0.15) is 24.5 Å². The molecule has 10 nitrogen and oxygen atoms in total. The monoisotopic (exact) mass is 446 g/mol. The van der Waals surface area contributed by atoms with Crippen molar-refractivity contribution in [2.24, 2.45) is 28.2 Å². The van der Waals surface area contributed by atoms with E-state index in [-0.39, 0.29) is 11.1 Å². The van der Waals surface area contributed by atoms with Crippen LogP contribution in [0, 0.1) is 9.54 Å². The van der Waals surface area contributed by atoms with Crippen LogP contribution in [0.25, 0.3) is 22.3 Å². The van der Waals surface area contributed by atoms with Gasteiger partial charge in [0.15, 0.2) is 20.8 Å². The first kappa shape index (κ1) is 20.4. The van der Waals surface area contributed by atoms with Crippen molar-refractivity contribution in [3.05, 3.63) is 41.9 Å². The predicted molar refractivity (Wildman–Crippen MR) is 119 cm³/mol. The number of unbranched alkanes of at least 4 members (excludes halogenated alkanes) is 1. The molecule has 0 radical (unpaired) electrons. The quantitative estimate of drug-likeness (QED) is 0.355. The van der Waals surface area contributed by atoms with Crippen LogP contribution >= 0.6 is 24.4 Å². The van der Waals surface area contributed by atoms with Crippen molar-refractivity contribution in [1.29, 1.82) is 0 Å². The van der Waals surface area contributed by atoms with Gasteiger partial charge in [-0.1, -0.05) is 0 Å². The number of aryl methyl sites for hydroxylation is 4. The zero-order chi connectivity index (χ0) is 21.7. The van der Waals surface area contributed by atoms with Crippen LogP contribution < -0.4 is 11.1 Å². The lowest BCUT2D eigenvalue weighted by Crippen LogP contribution is -2.21. The molecular weight excluding hydrogens is 424 g/mol. The van der Waals surface area contributed by atoms with Gasteiger partial charge in [-0.3, -0.25) is 18.7 Å². The van der Waals surface area contributed by atoms with Crippen LogP contribution in [0.4, 0.5) is 0 Å². The van der Waals surface area contributed by atoms with Gasteiger partial charge in [0.25, 0.3) is 11.1 Å². The van der Waals surface area contributed by atoms with Gasteiger partial charge < -0.3 is 19.1 Å². The van der Waals surface area contributed by atoms with Crippen LogP contribution in [0.3, 0.4) is 0 Å². The third kappa shape index (κ3) is 3.16. The molecule has 4 aromatic rings. The number of nitrogens with one attached hydrogen (secondary N) is 2. The molecule has 0 saturated heterocycles. The summed E-state index contributed by atoms with van der Waals surface area (Å²) in [5.41, 5.74) is 1.71. The highest BCUT2D eigenvalue weighted by atomic mass is 32.1. The van der Waals surface area contributed by atoms with Crippen molar-refractivity contribution in [1.82, 2.24) is 38.2 Å². The Morgan fingerprint density at radius 1 is 0.700 bits per heavy atom. The third-order valence-electron chi connectivity index (χ3n) is 5.36. The second-order valence-corrected chi connectivity index (χ2v) is 8.11. The van der Waals surface area contributed by atoms with Gasteiger partial charge in [0.05, 0.1) is 0 Å². The van der Waals surface area contributed by atoms with Gasteiger partial charge in [0, 0.05) is 41.0 Å². The lowest BCUT2D eigenvalue weighted by molar-refractivity contribution is 0.696. The summed E-state index contributed by atoms with van der Waals surface area (Å²) in [6.07, 6.45) is 3.07. The molecule has 0 aromatic carbocycles. The number of hydrogen-bond donors (Lipinski definition) is 2. The van der Waals surface area contributed by atoms with Gasteiger partial charge in [-0.2, -0.15) is 0 Å². The minimum atomic E-state index is -0.176. The first-order chi connectivity index (χ1) is 14.2. The number of aromatic nitrogens is 8. The standard InChI is InChI=1S/C18H22N8O2S2/c1-23-13-11(15(27)25(3)17(23)29)19-9(21-13)7-5-6-8-10-20-12-14(22-10)24(2)18(30)26(4)16(12)28/h5-8H2,1-4H3,(H,19,21)(H,20,22). The van der Waals surface area contributed by atoms with E-state index in [9.17, 15) is 9.59 Å². The summed E-state index contributed by atoms with van der Waals surface area (Å²) in [5.74, 6) is 1.50. The first-order valence-electron chi connectivity index (χ1n) is 9.50. The van der Waals surface area contributed by atoms with Gasteiger partial charge in [-0.25, -0.2) is 9.97 Å². The fourth-order valence-corrected chi connectivity index (χ4v) is 3.91. The normalized spacial score (nSPS) is 11.7. The Morgan fingerprint density at radius 3 is 1.43 bits per heavy atom. The molecule has 0 fully saturated rings. The molecule has 158 valence electrons. The van der Waals surface area contributed by atoms with Crippen LogP contribution in [0.5, 0.6) is 0 Å². The molecular formula is C18H22N8O2S2. The fraction of sp³-hybridized carbons (Fsp3) is 0.444. The number of hydrogen-bond acceptors (Lipinski definition) is 6. The molecule has 0 spiro atoms. The molecule has 0 bridgehead atoms. The van der Waals surface area contributed by atoms with Crippen LogP contribution in [0.2, 0.25) is 0 Å². The van der Waals surface area contributed by atoms with Crippen LogP contribution in [-0.2, 0) is 41.0 Å². The Kier molecular flexibility index (Phi) is 5.06. The number of nitrogens with zero attached hydrogens (tertiary/aromatic N) is 6.